The summed E-state index contributed by atoms with van der Waals surface area (Å²) in [4.78, 5) is 2.50. The Bertz CT molecular complexity index is 344. The van der Waals surface area contributed by atoms with Crippen molar-refractivity contribution in [1.29, 1.82) is 0 Å². The molecule has 94 valence electrons. The molecule has 1 nitrogen and oxygen atoms in total. The van der Waals surface area contributed by atoms with Crippen molar-refractivity contribution < 1.29 is 4.39 Å². The summed E-state index contributed by atoms with van der Waals surface area (Å²) in [6.07, 6.45) is 2.65. The molecule has 1 aromatic carbocycles. The van der Waals surface area contributed by atoms with Crippen LogP contribution in [0.2, 0.25) is 0 Å². The van der Waals surface area contributed by atoms with Gasteiger partial charge in [0.15, 0.2) is 0 Å². The first-order chi connectivity index (χ1) is 8.15. The molecule has 1 fully saturated rings. The smallest absolute Gasteiger partial charge is 0.123 e. The average Bonchev–Trinajstić information content (AvgIpc) is 2.32. The standard InChI is InChI=1S/C15H22FN/c1-12(2)14-4-3-9-17(11-14)10-13-5-7-15(16)8-6-13/h5-8,12,14H,3-4,9-11H2,1-2H3/t14-/m1/s1. The highest BCUT2D eigenvalue weighted by Crippen LogP contribution is 2.24. The van der Waals surface area contributed by atoms with Gasteiger partial charge in [-0.1, -0.05) is 26.0 Å². The fourth-order valence-electron chi connectivity index (χ4n) is 2.63. The molecule has 0 spiro atoms. The molecule has 0 radical (unpaired) electrons. The quantitative estimate of drug-likeness (QED) is 0.772. The van der Waals surface area contributed by atoms with Crippen molar-refractivity contribution in [2.45, 2.75) is 33.2 Å². The summed E-state index contributed by atoms with van der Waals surface area (Å²) in [6.45, 7) is 7.96. The van der Waals surface area contributed by atoms with Gasteiger partial charge in [-0.05, 0) is 48.9 Å². The number of nitrogens with zero attached hydrogens (tertiary/aromatic N) is 1. The summed E-state index contributed by atoms with van der Waals surface area (Å²) in [7, 11) is 0. The average molecular weight is 235 g/mol. The number of halogens is 1. The van der Waals surface area contributed by atoms with Crippen LogP contribution in [0, 0.1) is 17.7 Å². The minimum Gasteiger partial charge on any atom is -0.299 e. The van der Waals surface area contributed by atoms with Crippen molar-refractivity contribution in [2.75, 3.05) is 13.1 Å². The van der Waals surface area contributed by atoms with Crippen LogP contribution in [0.1, 0.15) is 32.3 Å². The molecule has 1 atom stereocenters. The highest BCUT2D eigenvalue weighted by atomic mass is 19.1. The Morgan fingerprint density at radius 1 is 1.29 bits per heavy atom. The summed E-state index contributed by atoms with van der Waals surface area (Å²) in [6, 6.07) is 6.90. The monoisotopic (exact) mass is 235 g/mol. The van der Waals surface area contributed by atoms with E-state index in [9.17, 15) is 4.39 Å². The van der Waals surface area contributed by atoms with E-state index in [1.54, 1.807) is 12.1 Å². The van der Waals surface area contributed by atoms with E-state index in [0.29, 0.717) is 0 Å². The van der Waals surface area contributed by atoms with E-state index in [1.807, 2.05) is 12.1 Å². The van der Waals surface area contributed by atoms with Crippen LogP contribution in [-0.2, 0) is 6.54 Å². The Labute approximate surface area is 104 Å². The highest BCUT2D eigenvalue weighted by Gasteiger charge is 2.22. The van der Waals surface area contributed by atoms with Crippen molar-refractivity contribution >= 4 is 0 Å². The molecule has 1 aliphatic rings. The zero-order chi connectivity index (χ0) is 12.3. The molecule has 0 bridgehead atoms. The lowest BCUT2D eigenvalue weighted by Gasteiger charge is -2.34. The maximum absolute atomic E-state index is 12.8. The van der Waals surface area contributed by atoms with Crippen LogP contribution in [0.15, 0.2) is 24.3 Å². The van der Waals surface area contributed by atoms with E-state index >= 15 is 0 Å². The Kier molecular flexibility index (Phi) is 4.16. The molecular weight excluding hydrogens is 213 g/mol. The number of rotatable bonds is 3. The minimum atomic E-state index is -0.146. The van der Waals surface area contributed by atoms with E-state index in [1.165, 1.54) is 31.5 Å². The van der Waals surface area contributed by atoms with Gasteiger partial charge in [0.25, 0.3) is 0 Å². The van der Waals surface area contributed by atoms with Gasteiger partial charge in [-0.3, -0.25) is 4.90 Å². The third kappa shape index (κ3) is 3.53. The van der Waals surface area contributed by atoms with Crippen molar-refractivity contribution in [3.05, 3.63) is 35.6 Å². The van der Waals surface area contributed by atoms with Crippen molar-refractivity contribution in [2.24, 2.45) is 11.8 Å². The molecule has 0 aromatic heterocycles. The predicted molar refractivity (Wildman–Crippen MR) is 69.2 cm³/mol. The van der Waals surface area contributed by atoms with E-state index < -0.39 is 0 Å². The van der Waals surface area contributed by atoms with Crippen LogP contribution in [0.4, 0.5) is 4.39 Å². The molecule has 1 aliphatic heterocycles. The molecule has 2 heteroatoms. The fourth-order valence-corrected chi connectivity index (χ4v) is 2.63. The molecule has 1 aromatic rings. The molecule has 1 heterocycles. The number of likely N-dealkylation sites (tertiary alicyclic amines) is 1. The first-order valence-corrected chi connectivity index (χ1v) is 6.62. The number of hydrogen-bond acceptors (Lipinski definition) is 1. The molecule has 1 saturated heterocycles. The molecule has 2 rings (SSSR count). The largest absolute Gasteiger partial charge is 0.299 e. The van der Waals surface area contributed by atoms with Crippen molar-refractivity contribution in [3.63, 3.8) is 0 Å². The van der Waals surface area contributed by atoms with E-state index in [2.05, 4.69) is 18.7 Å². The molecule has 0 N–H and O–H groups in total. The van der Waals surface area contributed by atoms with Crippen molar-refractivity contribution in [3.8, 4) is 0 Å². The van der Waals surface area contributed by atoms with Crippen LogP contribution in [0.25, 0.3) is 0 Å². The number of benzene rings is 1. The van der Waals surface area contributed by atoms with Gasteiger partial charge in [-0.2, -0.15) is 0 Å². The molecular formula is C15H22FN. The Morgan fingerprint density at radius 2 is 2.00 bits per heavy atom. The van der Waals surface area contributed by atoms with Gasteiger partial charge in [0.1, 0.15) is 5.82 Å². The number of hydrogen-bond donors (Lipinski definition) is 0. The summed E-state index contributed by atoms with van der Waals surface area (Å²) < 4.78 is 12.8. The van der Waals surface area contributed by atoms with Gasteiger partial charge in [0, 0.05) is 13.1 Å². The maximum atomic E-state index is 12.8. The summed E-state index contributed by atoms with van der Waals surface area (Å²) in [5.41, 5.74) is 1.22. The second-order valence-electron chi connectivity index (χ2n) is 5.51. The normalized spacial score (nSPS) is 22.0. The van der Waals surface area contributed by atoms with Gasteiger partial charge >= 0.3 is 0 Å². The van der Waals surface area contributed by atoms with Gasteiger partial charge in [-0.25, -0.2) is 4.39 Å². The molecule has 0 saturated carbocycles. The minimum absolute atomic E-state index is 0.146. The fraction of sp³-hybridized carbons (Fsp3) is 0.600. The van der Waals surface area contributed by atoms with Crippen LogP contribution in [0.3, 0.4) is 0 Å². The third-order valence-corrected chi connectivity index (χ3v) is 3.80. The molecule has 17 heavy (non-hydrogen) atoms. The topological polar surface area (TPSA) is 3.24 Å². The lowest BCUT2D eigenvalue weighted by Crippen LogP contribution is -2.36. The lowest BCUT2D eigenvalue weighted by molar-refractivity contribution is 0.139. The Balaban J connectivity index is 1.92. The zero-order valence-electron chi connectivity index (χ0n) is 10.8. The van der Waals surface area contributed by atoms with E-state index in [0.717, 1.165) is 18.4 Å². The lowest BCUT2D eigenvalue weighted by atomic mass is 9.88. The SMILES string of the molecule is CC(C)[C@@H]1CCCN(Cc2ccc(F)cc2)C1. The van der Waals surface area contributed by atoms with Gasteiger partial charge in [-0.15, -0.1) is 0 Å². The molecule has 0 aliphatic carbocycles. The van der Waals surface area contributed by atoms with Crippen LogP contribution >= 0.6 is 0 Å². The molecule has 0 unspecified atom stereocenters. The van der Waals surface area contributed by atoms with Gasteiger partial charge < -0.3 is 0 Å². The van der Waals surface area contributed by atoms with Gasteiger partial charge in [0.2, 0.25) is 0 Å². The van der Waals surface area contributed by atoms with E-state index in [4.69, 9.17) is 0 Å². The van der Waals surface area contributed by atoms with Crippen LogP contribution in [0.5, 0.6) is 0 Å². The second kappa shape index (κ2) is 5.63. The summed E-state index contributed by atoms with van der Waals surface area (Å²) >= 11 is 0. The number of piperidine rings is 1. The first-order valence-electron chi connectivity index (χ1n) is 6.62. The van der Waals surface area contributed by atoms with E-state index in [-0.39, 0.29) is 5.82 Å². The highest BCUT2D eigenvalue weighted by molar-refractivity contribution is 5.15. The van der Waals surface area contributed by atoms with Crippen LogP contribution < -0.4 is 0 Å². The zero-order valence-corrected chi connectivity index (χ0v) is 10.8. The predicted octanol–water partition coefficient (Wildman–Crippen LogP) is 3.69. The van der Waals surface area contributed by atoms with Crippen molar-refractivity contribution in [1.82, 2.24) is 4.90 Å². The summed E-state index contributed by atoms with van der Waals surface area (Å²) in [5.74, 6) is 1.45. The Morgan fingerprint density at radius 3 is 2.65 bits per heavy atom. The first kappa shape index (κ1) is 12.6. The summed E-state index contributed by atoms with van der Waals surface area (Å²) in [5, 5.41) is 0. The second-order valence-corrected chi connectivity index (χ2v) is 5.51. The van der Waals surface area contributed by atoms with Crippen LogP contribution in [-0.4, -0.2) is 18.0 Å². The third-order valence-electron chi connectivity index (χ3n) is 3.80. The molecule has 0 amide bonds. The maximum Gasteiger partial charge on any atom is 0.123 e. The van der Waals surface area contributed by atoms with Gasteiger partial charge in [0.05, 0.1) is 0 Å². The Hall–Kier alpha value is -0.890.